The summed E-state index contributed by atoms with van der Waals surface area (Å²) in [7, 11) is 0. The lowest BCUT2D eigenvalue weighted by atomic mass is 10.2. The van der Waals surface area contributed by atoms with Crippen LogP contribution in [0, 0.1) is 11.3 Å². The smallest absolute Gasteiger partial charge is 0.0992 e. The topological polar surface area (TPSA) is 56.0 Å². The van der Waals surface area contributed by atoms with E-state index in [4.69, 9.17) is 10.4 Å². The Kier molecular flexibility index (Phi) is 3.30. The normalized spacial score (nSPS) is 11.8. The van der Waals surface area contributed by atoms with Gasteiger partial charge in [0.1, 0.15) is 0 Å². The molecule has 0 aromatic heterocycles. The quantitative estimate of drug-likeness (QED) is 0.731. The van der Waals surface area contributed by atoms with E-state index in [1.807, 2.05) is 19.1 Å². The van der Waals surface area contributed by atoms with Crippen LogP contribution in [0.4, 0.5) is 5.69 Å². The number of nitrogens with zero attached hydrogens (tertiary/aromatic N) is 1. The van der Waals surface area contributed by atoms with E-state index in [0.29, 0.717) is 5.56 Å². The minimum atomic E-state index is 0.00828. The lowest BCUT2D eigenvalue weighted by Gasteiger charge is -2.11. The predicted octanol–water partition coefficient (Wildman–Crippen LogP) is 1.35. The van der Waals surface area contributed by atoms with Crippen LogP contribution in [0.5, 0.6) is 0 Å². The van der Waals surface area contributed by atoms with Crippen molar-refractivity contribution in [3.8, 4) is 6.07 Å². The van der Waals surface area contributed by atoms with Crippen LogP contribution in [0.2, 0.25) is 0 Å². The molecule has 1 atom stereocenters. The first-order chi connectivity index (χ1) is 6.26. The molecule has 1 rings (SSSR count). The Bertz CT molecular complexity index is 317. The highest BCUT2D eigenvalue weighted by Gasteiger charge is 1.99. The minimum absolute atomic E-state index is 0.00828. The molecule has 3 heteroatoms. The molecule has 0 amide bonds. The van der Waals surface area contributed by atoms with Crippen molar-refractivity contribution in [1.29, 1.82) is 5.26 Å². The summed E-state index contributed by atoms with van der Waals surface area (Å²) in [6, 6.07) is 9.24. The number of nitrogens with one attached hydrogen (secondary N) is 1. The molecule has 1 aromatic carbocycles. The van der Waals surface area contributed by atoms with Crippen LogP contribution in [0.15, 0.2) is 24.3 Å². The molecule has 68 valence electrons. The second-order valence-corrected chi connectivity index (χ2v) is 2.92. The first-order valence-electron chi connectivity index (χ1n) is 4.14. The summed E-state index contributed by atoms with van der Waals surface area (Å²) >= 11 is 0. The van der Waals surface area contributed by atoms with Crippen LogP contribution in [0.25, 0.3) is 0 Å². The Morgan fingerprint density at radius 3 is 3.00 bits per heavy atom. The van der Waals surface area contributed by atoms with Crippen molar-refractivity contribution < 1.29 is 5.11 Å². The van der Waals surface area contributed by atoms with Crippen LogP contribution in [0.3, 0.4) is 0 Å². The molecule has 0 spiro atoms. The van der Waals surface area contributed by atoms with Gasteiger partial charge < -0.3 is 10.4 Å². The predicted molar refractivity (Wildman–Crippen MR) is 51.3 cm³/mol. The fourth-order valence-electron chi connectivity index (χ4n) is 1.01. The lowest BCUT2D eigenvalue weighted by Crippen LogP contribution is -2.19. The van der Waals surface area contributed by atoms with Crippen molar-refractivity contribution in [2.24, 2.45) is 0 Å². The summed E-state index contributed by atoms with van der Waals surface area (Å²) in [4.78, 5) is 0. The molecule has 0 aliphatic heterocycles. The number of nitriles is 1. The Morgan fingerprint density at radius 1 is 1.62 bits per heavy atom. The van der Waals surface area contributed by atoms with Crippen molar-refractivity contribution >= 4 is 5.69 Å². The van der Waals surface area contributed by atoms with Crippen LogP contribution < -0.4 is 5.32 Å². The van der Waals surface area contributed by atoms with Crippen LogP contribution in [-0.2, 0) is 0 Å². The number of anilines is 1. The van der Waals surface area contributed by atoms with Crippen molar-refractivity contribution in [2.75, 3.05) is 11.9 Å². The van der Waals surface area contributed by atoms with E-state index in [1.165, 1.54) is 0 Å². The molecule has 2 N–H and O–H groups in total. The van der Waals surface area contributed by atoms with Gasteiger partial charge in [0.05, 0.1) is 18.2 Å². The highest BCUT2D eigenvalue weighted by molar-refractivity contribution is 5.49. The fraction of sp³-hybridized carbons (Fsp3) is 0.300. The van der Waals surface area contributed by atoms with Crippen LogP contribution in [-0.4, -0.2) is 17.8 Å². The summed E-state index contributed by atoms with van der Waals surface area (Å²) in [6.07, 6.45) is 0. The van der Waals surface area contributed by atoms with Gasteiger partial charge in [-0.2, -0.15) is 5.26 Å². The molecule has 0 saturated heterocycles. The summed E-state index contributed by atoms with van der Waals surface area (Å²) < 4.78 is 0. The summed E-state index contributed by atoms with van der Waals surface area (Å²) in [5.74, 6) is 0. The Labute approximate surface area is 77.6 Å². The number of aliphatic hydroxyl groups excluding tert-OH is 1. The monoisotopic (exact) mass is 176 g/mol. The Morgan fingerprint density at radius 2 is 2.38 bits per heavy atom. The molecule has 3 nitrogen and oxygen atoms in total. The third-order valence-corrected chi connectivity index (χ3v) is 1.68. The average Bonchev–Trinajstić information content (AvgIpc) is 2.18. The molecule has 13 heavy (non-hydrogen) atoms. The zero-order chi connectivity index (χ0) is 9.68. The molecule has 0 bridgehead atoms. The van der Waals surface area contributed by atoms with E-state index in [0.717, 1.165) is 5.69 Å². The number of hydrogen-bond acceptors (Lipinski definition) is 3. The number of rotatable bonds is 3. The van der Waals surface area contributed by atoms with E-state index in [2.05, 4.69) is 11.4 Å². The van der Waals surface area contributed by atoms with Crippen molar-refractivity contribution in [3.05, 3.63) is 29.8 Å². The van der Waals surface area contributed by atoms with Gasteiger partial charge in [-0.25, -0.2) is 0 Å². The zero-order valence-corrected chi connectivity index (χ0v) is 7.49. The SMILES string of the molecule is CC(CO)Nc1cccc(C#N)c1. The second kappa shape index (κ2) is 4.48. The van der Waals surface area contributed by atoms with Gasteiger partial charge in [0, 0.05) is 11.7 Å². The second-order valence-electron chi connectivity index (χ2n) is 2.92. The first kappa shape index (κ1) is 9.56. The molecule has 1 unspecified atom stereocenters. The van der Waals surface area contributed by atoms with E-state index in [1.54, 1.807) is 12.1 Å². The van der Waals surface area contributed by atoms with Crippen molar-refractivity contribution in [1.82, 2.24) is 0 Å². The lowest BCUT2D eigenvalue weighted by molar-refractivity contribution is 0.281. The maximum absolute atomic E-state index is 8.80. The van der Waals surface area contributed by atoms with E-state index >= 15 is 0 Å². The molecule has 0 saturated carbocycles. The van der Waals surface area contributed by atoms with E-state index < -0.39 is 0 Å². The fourth-order valence-corrected chi connectivity index (χ4v) is 1.01. The van der Waals surface area contributed by atoms with E-state index in [-0.39, 0.29) is 12.6 Å². The van der Waals surface area contributed by atoms with Crippen molar-refractivity contribution in [3.63, 3.8) is 0 Å². The Balaban J connectivity index is 2.73. The molecular formula is C10H12N2O. The van der Waals surface area contributed by atoms with E-state index in [9.17, 15) is 0 Å². The minimum Gasteiger partial charge on any atom is -0.394 e. The van der Waals surface area contributed by atoms with Gasteiger partial charge in [0.2, 0.25) is 0 Å². The van der Waals surface area contributed by atoms with Gasteiger partial charge in [-0.05, 0) is 25.1 Å². The van der Waals surface area contributed by atoms with Gasteiger partial charge in [-0.1, -0.05) is 6.07 Å². The molecule has 0 aliphatic rings. The number of hydrogen-bond donors (Lipinski definition) is 2. The molecule has 0 aliphatic carbocycles. The van der Waals surface area contributed by atoms with Crippen molar-refractivity contribution in [2.45, 2.75) is 13.0 Å². The van der Waals surface area contributed by atoms with Gasteiger partial charge in [0.15, 0.2) is 0 Å². The Hall–Kier alpha value is -1.53. The average molecular weight is 176 g/mol. The number of aliphatic hydroxyl groups is 1. The third-order valence-electron chi connectivity index (χ3n) is 1.68. The van der Waals surface area contributed by atoms with Crippen LogP contribution in [0.1, 0.15) is 12.5 Å². The number of benzene rings is 1. The maximum atomic E-state index is 8.80. The van der Waals surface area contributed by atoms with Crippen LogP contribution >= 0.6 is 0 Å². The zero-order valence-electron chi connectivity index (χ0n) is 7.49. The van der Waals surface area contributed by atoms with Gasteiger partial charge in [0.25, 0.3) is 0 Å². The summed E-state index contributed by atoms with van der Waals surface area (Å²) in [5, 5.41) is 20.5. The highest BCUT2D eigenvalue weighted by atomic mass is 16.3. The third kappa shape index (κ3) is 2.77. The van der Waals surface area contributed by atoms with Gasteiger partial charge >= 0.3 is 0 Å². The summed E-state index contributed by atoms with van der Waals surface area (Å²) in [5.41, 5.74) is 1.48. The summed E-state index contributed by atoms with van der Waals surface area (Å²) in [6.45, 7) is 1.95. The molecule has 1 aromatic rings. The molecule has 0 fully saturated rings. The molecular weight excluding hydrogens is 164 g/mol. The highest BCUT2D eigenvalue weighted by Crippen LogP contribution is 2.10. The van der Waals surface area contributed by atoms with Gasteiger partial charge in [-0.15, -0.1) is 0 Å². The molecule has 0 radical (unpaired) electrons. The standard InChI is InChI=1S/C10H12N2O/c1-8(7-13)12-10-4-2-3-9(5-10)6-11/h2-5,8,12-13H,7H2,1H3. The molecule has 0 heterocycles. The largest absolute Gasteiger partial charge is 0.394 e. The first-order valence-corrected chi connectivity index (χ1v) is 4.14. The van der Waals surface area contributed by atoms with Gasteiger partial charge in [-0.3, -0.25) is 0 Å². The maximum Gasteiger partial charge on any atom is 0.0992 e.